The summed E-state index contributed by atoms with van der Waals surface area (Å²) in [6.45, 7) is 4.37. The van der Waals surface area contributed by atoms with Crippen molar-refractivity contribution in [3.63, 3.8) is 0 Å². The summed E-state index contributed by atoms with van der Waals surface area (Å²) in [5.41, 5.74) is 5.89. The van der Waals surface area contributed by atoms with E-state index in [0.717, 1.165) is 34.4 Å². The van der Waals surface area contributed by atoms with Crippen molar-refractivity contribution in [3.8, 4) is 0 Å². The van der Waals surface area contributed by atoms with Crippen molar-refractivity contribution in [2.75, 3.05) is 46.4 Å². The van der Waals surface area contributed by atoms with Crippen molar-refractivity contribution in [2.24, 2.45) is 0 Å². The van der Waals surface area contributed by atoms with Gasteiger partial charge in [-0.2, -0.15) is 0 Å². The number of amides is 2. The summed E-state index contributed by atoms with van der Waals surface area (Å²) in [7, 11) is 1.38. The molecule has 6 aromatic rings. The van der Waals surface area contributed by atoms with Crippen molar-refractivity contribution < 1.29 is 53.4 Å². The zero-order chi connectivity index (χ0) is 44.0. The predicted octanol–water partition coefficient (Wildman–Crippen LogP) is 4.15. The van der Waals surface area contributed by atoms with Gasteiger partial charge in [0.1, 0.15) is 12.1 Å². The molecule has 65 heavy (non-hydrogen) atoms. The standard InChI is InChI=1S/C27H28N2O3.C26H26N2O3.Li.H2O/c1-32-27(31)24-20-28(19-21-11-5-2-6-12-21)17-18-29(24)26(30)25(22-13-7-3-8-14-22)23-15-9-4-10-16-23;29-25(24(21-12-6-2-7-13-21)22-14-8-3-9-15-22)28-17-16-27(19-23(28)26(30)31)18-20-10-4-1-5-11-20;;/h2-16,24-25H,17-20H2,1H3;1-15,23-24H,16-19H2,(H,30,31);;1H2/q;;+1;/p-1/t24-;23-;;/m00../s1. The molecule has 8 rings (SSSR count). The summed E-state index contributed by atoms with van der Waals surface area (Å²) in [4.78, 5) is 60.1. The van der Waals surface area contributed by atoms with Crippen LogP contribution in [0.5, 0.6) is 0 Å². The van der Waals surface area contributed by atoms with E-state index in [1.165, 1.54) is 12.7 Å². The molecule has 0 aliphatic carbocycles. The largest absolute Gasteiger partial charge is 1.00 e. The van der Waals surface area contributed by atoms with E-state index in [-0.39, 0.29) is 42.1 Å². The van der Waals surface area contributed by atoms with E-state index in [2.05, 4.69) is 21.9 Å². The van der Waals surface area contributed by atoms with Gasteiger partial charge in [-0.3, -0.25) is 19.4 Å². The average Bonchev–Trinajstić information content (AvgIpc) is 3.33. The van der Waals surface area contributed by atoms with Crippen LogP contribution >= 0.6 is 0 Å². The van der Waals surface area contributed by atoms with Gasteiger partial charge in [0.2, 0.25) is 11.8 Å². The summed E-state index contributed by atoms with van der Waals surface area (Å²) < 4.78 is 5.10. The molecule has 11 nitrogen and oxygen atoms in total. The number of carbonyl (C=O) groups excluding carboxylic acids is 3. The molecule has 2 aliphatic rings. The topological polar surface area (TPSA) is 141 Å². The summed E-state index contributed by atoms with van der Waals surface area (Å²) in [5, 5.41) is 9.94. The molecule has 2 heterocycles. The zero-order valence-electron chi connectivity index (χ0n) is 37.0. The molecule has 2 N–H and O–H groups in total. The molecular weight excluding hydrogens is 812 g/mol. The number of rotatable bonds is 12. The minimum atomic E-state index is -0.967. The minimum Gasteiger partial charge on any atom is -0.870 e. The van der Waals surface area contributed by atoms with Crippen LogP contribution in [0.15, 0.2) is 182 Å². The van der Waals surface area contributed by atoms with Crippen LogP contribution in [0, 0.1) is 0 Å². The molecule has 330 valence electrons. The Kier molecular flexibility index (Phi) is 18.9. The molecule has 0 unspecified atom stereocenters. The molecule has 0 spiro atoms. The molecule has 0 radical (unpaired) electrons. The van der Waals surface area contributed by atoms with Crippen LogP contribution in [-0.4, -0.2) is 112 Å². The van der Waals surface area contributed by atoms with Crippen molar-refractivity contribution in [2.45, 2.75) is 37.0 Å². The molecule has 2 atom stereocenters. The first-order valence-electron chi connectivity index (χ1n) is 21.4. The fourth-order valence-corrected chi connectivity index (χ4v) is 8.59. The summed E-state index contributed by atoms with van der Waals surface area (Å²) in [6.07, 6.45) is 0. The number of piperazine rings is 2. The van der Waals surface area contributed by atoms with Crippen LogP contribution in [0.4, 0.5) is 0 Å². The fourth-order valence-electron chi connectivity index (χ4n) is 8.59. The Labute approximate surface area is 393 Å². The summed E-state index contributed by atoms with van der Waals surface area (Å²) >= 11 is 0. The first-order chi connectivity index (χ1) is 30.8. The maximum atomic E-state index is 13.9. The maximum Gasteiger partial charge on any atom is 1.00 e. The Morgan fingerprint density at radius 1 is 0.492 bits per heavy atom. The Balaban J connectivity index is 0.000000237. The second-order valence-electron chi connectivity index (χ2n) is 15.9. The first kappa shape index (κ1) is 49.7. The van der Waals surface area contributed by atoms with E-state index >= 15 is 0 Å². The smallest absolute Gasteiger partial charge is 0.870 e. The number of ether oxygens (including phenoxy) is 1. The minimum absolute atomic E-state index is 0. The second-order valence-corrected chi connectivity index (χ2v) is 15.9. The van der Waals surface area contributed by atoms with Crippen LogP contribution in [-0.2, 0) is 37.0 Å². The van der Waals surface area contributed by atoms with Crippen LogP contribution in [0.1, 0.15) is 45.2 Å². The number of esters is 1. The van der Waals surface area contributed by atoms with Gasteiger partial charge in [0.05, 0.1) is 18.9 Å². The van der Waals surface area contributed by atoms with Crippen molar-refractivity contribution in [1.29, 1.82) is 0 Å². The van der Waals surface area contributed by atoms with E-state index in [0.29, 0.717) is 45.8 Å². The van der Waals surface area contributed by atoms with Gasteiger partial charge in [-0.25, -0.2) is 9.59 Å². The first-order valence-corrected chi connectivity index (χ1v) is 21.4. The Bertz CT molecular complexity index is 2300. The third-order valence-electron chi connectivity index (χ3n) is 11.8. The van der Waals surface area contributed by atoms with Crippen molar-refractivity contribution in [1.82, 2.24) is 19.6 Å². The quantitative estimate of drug-likeness (QED) is 0.142. The van der Waals surface area contributed by atoms with Gasteiger partial charge in [-0.15, -0.1) is 0 Å². The third kappa shape index (κ3) is 12.9. The monoisotopic (exact) mass is 866 g/mol. The molecule has 0 saturated carbocycles. The molecule has 0 aromatic heterocycles. The molecule has 2 aliphatic heterocycles. The van der Waals surface area contributed by atoms with E-state index in [1.54, 1.807) is 9.80 Å². The summed E-state index contributed by atoms with van der Waals surface area (Å²) in [5.74, 6) is -2.57. The van der Waals surface area contributed by atoms with Crippen LogP contribution < -0.4 is 18.9 Å². The Hall–Kier alpha value is -6.32. The van der Waals surface area contributed by atoms with Gasteiger partial charge in [0.25, 0.3) is 0 Å². The number of aliphatic carboxylic acids is 1. The molecule has 0 bridgehead atoms. The third-order valence-corrected chi connectivity index (χ3v) is 11.8. The number of benzene rings is 6. The van der Waals surface area contributed by atoms with Gasteiger partial charge in [0, 0.05) is 52.4 Å². The zero-order valence-corrected chi connectivity index (χ0v) is 37.0. The predicted molar refractivity (Wildman–Crippen MR) is 245 cm³/mol. The number of carbonyl (C=O) groups is 4. The van der Waals surface area contributed by atoms with E-state index in [9.17, 15) is 24.3 Å². The normalized spacial score (nSPS) is 16.3. The Morgan fingerprint density at radius 3 is 1.09 bits per heavy atom. The molecule has 2 amide bonds. The van der Waals surface area contributed by atoms with E-state index in [4.69, 9.17) is 4.74 Å². The number of carboxylic acid groups (broad SMARTS) is 1. The van der Waals surface area contributed by atoms with Crippen LogP contribution in [0.2, 0.25) is 0 Å². The molecule has 12 heteroatoms. The number of hydrogen-bond donors (Lipinski definition) is 1. The van der Waals surface area contributed by atoms with Crippen LogP contribution in [0.25, 0.3) is 0 Å². The molecular formula is C53H55LiN4O7. The van der Waals surface area contributed by atoms with Gasteiger partial charge in [-0.05, 0) is 33.4 Å². The van der Waals surface area contributed by atoms with Gasteiger partial charge in [0.15, 0.2) is 0 Å². The molecule has 2 saturated heterocycles. The Morgan fingerprint density at radius 2 is 0.785 bits per heavy atom. The number of hydrogen-bond acceptors (Lipinski definition) is 8. The van der Waals surface area contributed by atoms with Gasteiger partial charge < -0.3 is 25.1 Å². The van der Waals surface area contributed by atoms with Gasteiger partial charge in [-0.1, -0.05) is 182 Å². The fraction of sp³-hybridized carbons (Fsp3) is 0.245. The van der Waals surface area contributed by atoms with E-state index < -0.39 is 29.9 Å². The van der Waals surface area contributed by atoms with Crippen molar-refractivity contribution >= 4 is 23.8 Å². The average molecular weight is 867 g/mol. The number of nitrogens with zero attached hydrogens (tertiary/aromatic N) is 4. The molecule has 2 fully saturated rings. The SMILES string of the molecule is COC(=O)[C@@H]1CN(Cc2ccccc2)CCN1C(=O)C(c1ccccc1)c1ccccc1.O=C(O)[C@@H]1CN(Cc2ccccc2)CCN1C(=O)C(c1ccccc1)c1ccccc1.[Li+].[OH-]. The van der Waals surface area contributed by atoms with E-state index in [1.807, 2.05) is 170 Å². The van der Waals surface area contributed by atoms with Gasteiger partial charge >= 0.3 is 30.8 Å². The maximum absolute atomic E-state index is 13.9. The summed E-state index contributed by atoms with van der Waals surface area (Å²) in [6, 6.07) is 57.3. The van der Waals surface area contributed by atoms with Crippen LogP contribution in [0.3, 0.4) is 0 Å². The van der Waals surface area contributed by atoms with Crippen molar-refractivity contribution in [3.05, 3.63) is 215 Å². The second kappa shape index (κ2) is 24.7. The molecule has 6 aromatic carbocycles. The number of methoxy groups -OCH3 is 1. The number of carboxylic acids is 1.